The number of hydrogen-bond acceptors (Lipinski definition) is 2. The molecule has 0 saturated carbocycles. The fourth-order valence-corrected chi connectivity index (χ4v) is 2.49. The summed E-state index contributed by atoms with van der Waals surface area (Å²) in [4.78, 5) is 12.2. The minimum absolute atomic E-state index is 0. The summed E-state index contributed by atoms with van der Waals surface area (Å²) in [5.74, 6) is 0.0609. The number of aryl methyl sites for hydroxylation is 1. The van der Waals surface area contributed by atoms with Crippen molar-refractivity contribution < 1.29 is 4.79 Å². The maximum absolute atomic E-state index is 12.2. The van der Waals surface area contributed by atoms with Gasteiger partial charge in [-0.2, -0.15) is 0 Å². The Morgan fingerprint density at radius 3 is 2.65 bits per heavy atom. The number of benzene rings is 1. The largest absolute Gasteiger partial charge is 0.352 e. The van der Waals surface area contributed by atoms with Crippen LogP contribution in [0.5, 0.6) is 0 Å². The highest BCUT2D eigenvalue weighted by Gasteiger charge is 2.20. The first-order valence-corrected chi connectivity index (χ1v) is 7.30. The summed E-state index contributed by atoms with van der Waals surface area (Å²) < 4.78 is 0. The molecule has 1 heterocycles. The molecule has 20 heavy (non-hydrogen) atoms. The van der Waals surface area contributed by atoms with Gasteiger partial charge in [0.25, 0.3) is 0 Å². The van der Waals surface area contributed by atoms with Gasteiger partial charge in [0.15, 0.2) is 0 Å². The molecular weight excluding hydrogens is 272 g/mol. The van der Waals surface area contributed by atoms with Crippen LogP contribution in [0.3, 0.4) is 0 Å². The standard InChI is InChI=1S/C16H24N2O.ClH/c1-3-13-6-8-14(9-7-13)12(2)16(19)18-15-5-4-10-17-11-15;/h6-9,12,15,17H,3-5,10-11H2,1-2H3,(H,18,19);1H/t12?,15-;/m0./s1. The fourth-order valence-electron chi connectivity index (χ4n) is 2.49. The summed E-state index contributed by atoms with van der Waals surface area (Å²) in [6, 6.07) is 8.66. The molecule has 2 N–H and O–H groups in total. The average molecular weight is 297 g/mol. The molecule has 1 aliphatic rings. The molecule has 2 atom stereocenters. The molecule has 1 fully saturated rings. The third-order valence-electron chi connectivity index (χ3n) is 3.92. The van der Waals surface area contributed by atoms with Crippen molar-refractivity contribution in [2.75, 3.05) is 13.1 Å². The highest BCUT2D eigenvalue weighted by Crippen LogP contribution is 2.17. The summed E-state index contributed by atoms with van der Waals surface area (Å²) in [6.07, 6.45) is 3.26. The summed E-state index contributed by atoms with van der Waals surface area (Å²) >= 11 is 0. The van der Waals surface area contributed by atoms with Gasteiger partial charge in [-0.05, 0) is 43.9 Å². The van der Waals surface area contributed by atoms with Crippen LogP contribution in [-0.4, -0.2) is 25.0 Å². The molecule has 0 bridgehead atoms. The third-order valence-corrected chi connectivity index (χ3v) is 3.92. The van der Waals surface area contributed by atoms with Crippen LogP contribution in [0, 0.1) is 0 Å². The maximum Gasteiger partial charge on any atom is 0.227 e. The Hall–Kier alpha value is -1.06. The molecule has 4 heteroatoms. The number of halogens is 1. The molecule has 1 amide bonds. The fraction of sp³-hybridized carbons (Fsp3) is 0.562. The van der Waals surface area contributed by atoms with E-state index in [1.807, 2.05) is 6.92 Å². The number of piperidine rings is 1. The molecule has 1 aromatic carbocycles. The second-order valence-electron chi connectivity index (χ2n) is 5.37. The first-order valence-electron chi connectivity index (χ1n) is 7.30. The van der Waals surface area contributed by atoms with E-state index in [0.717, 1.165) is 37.9 Å². The second kappa shape index (κ2) is 8.28. The molecule has 0 aromatic heterocycles. The van der Waals surface area contributed by atoms with Crippen LogP contribution in [0.2, 0.25) is 0 Å². The first kappa shape index (κ1) is 17.0. The van der Waals surface area contributed by atoms with Gasteiger partial charge in [-0.1, -0.05) is 31.2 Å². The van der Waals surface area contributed by atoms with Crippen LogP contribution in [0.1, 0.15) is 43.7 Å². The van der Waals surface area contributed by atoms with Gasteiger partial charge in [-0.25, -0.2) is 0 Å². The smallest absolute Gasteiger partial charge is 0.227 e. The van der Waals surface area contributed by atoms with Gasteiger partial charge in [0, 0.05) is 12.6 Å². The number of hydrogen-bond donors (Lipinski definition) is 2. The Bertz CT molecular complexity index is 413. The molecule has 0 radical (unpaired) electrons. The van der Waals surface area contributed by atoms with Gasteiger partial charge in [0.05, 0.1) is 5.92 Å². The SMILES string of the molecule is CCc1ccc(C(C)C(=O)N[C@H]2CCCNC2)cc1.Cl. The van der Waals surface area contributed by atoms with E-state index in [9.17, 15) is 4.79 Å². The van der Waals surface area contributed by atoms with E-state index in [2.05, 4.69) is 41.8 Å². The molecular formula is C16H25ClN2O. The highest BCUT2D eigenvalue weighted by molar-refractivity contribution is 5.85. The van der Waals surface area contributed by atoms with Gasteiger partial charge < -0.3 is 10.6 Å². The van der Waals surface area contributed by atoms with Crippen LogP contribution in [0.4, 0.5) is 0 Å². The lowest BCUT2D eigenvalue weighted by atomic mass is 9.97. The lowest BCUT2D eigenvalue weighted by Gasteiger charge is -2.25. The molecule has 3 nitrogen and oxygen atoms in total. The molecule has 112 valence electrons. The van der Waals surface area contributed by atoms with Crippen molar-refractivity contribution >= 4 is 18.3 Å². The van der Waals surface area contributed by atoms with Gasteiger partial charge in [0.2, 0.25) is 5.91 Å². The normalized spacial score (nSPS) is 19.8. The molecule has 1 aromatic rings. The van der Waals surface area contributed by atoms with Gasteiger partial charge in [-0.15, -0.1) is 12.4 Å². The molecule has 0 aliphatic carbocycles. The van der Waals surface area contributed by atoms with Crippen molar-refractivity contribution in [2.45, 2.75) is 45.1 Å². The number of carbonyl (C=O) groups excluding carboxylic acids is 1. The van der Waals surface area contributed by atoms with Gasteiger partial charge in [-0.3, -0.25) is 4.79 Å². The molecule has 2 rings (SSSR count). The highest BCUT2D eigenvalue weighted by atomic mass is 35.5. The Labute approximate surface area is 127 Å². The minimum Gasteiger partial charge on any atom is -0.352 e. The van der Waals surface area contributed by atoms with E-state index in [1.165, 1.54) is 5.56 Å². The number of rotatable bonds is 4. The lowest BCUT2D eigenvalue weighted by molar-refractivity contribution is -0.123. The maximum atomic E-state index is 12.2. The zero-order valence-electron chi connectivity index (χ0n) is 12.3. The third kappa shape index (κ3) is 4.50. The van der Waals surface area contributed by atoms with Crippen LogP contribution >= 0.6 is 12.4 Å². The second-order valence-corrected chi connectivity index (χ2v) is 5.37. The van der Waals surface area contributed by atoms with E-state index in [1.54, 1.807) is 0 Å². The van der Waals surface area contributed by atoms with Gasteiger partial charge >= 0.3 is 0 Å². The quantitative estimate of drug-likeness (QED) is 0.897. The molecule has 0 spiro atoms. The zero-order chi connectivity index (χ0) is 13.7. The lowest BCUT2D eigenvalue weighted by Crippen LogP contribution is -2.46. The summed E-state index contributed by atoms with van der Waals surface area (Å²) in [6.45, 7) is 6.08. The van der Waals surface area contributed by atoms with Crippen molar-refractivity contribution in [3.05, 3.63) is 35.4 Å². The zero-order valence-corrected chi connectivity index (χ0v) is 13.1. The van der Waals surface area contributed by atoms with Crippen molar-refractivity contribution in [1.29, 1.82) is 0 Å². The van der Waals surface area contributed by atoms with E-state index in [-0.39, 0.29) is 24.2 Å². The van der Waals surface area contributed by atoms with Crippen LogP contribution in [0.25, 0.3) is 0 Å². The Balaban J connectivity index is 0.00000200. The van der Waals surface area contributed by atoms with E-state index in [0.29, 0.717) is 6.04 Å². The van der Waals surface area contributed by atoms with Crippen molar-refractivity contribution in [2.24, 2.45) is 0 Å². The van der Waals surface area contributed by atoms with Gasteiger partial charge in [0.1, 0.15) is 0 Å². The Kier molecular flexibility index (Phi) is 7.03. The van der Waals surface area contributed by atoms with Crippen molar-refractivity contribution in [1.82, 2.24) is 10.6 Å². The van der Waals surface area contributed by atoms with Crippen LogP contribution in [0.15, 0.2) is 24.3 Å². The predicted molar refractivity (Wildman–Crippen MR) is 85.5 cm³/mol. The first-order chi connectivity index (χ1) is 9.20. The predicted octanol–water partition coefficient (Wildman–Crippen LogP) is 2.64. The molecule has 1 aliphatic heterocycles. The average Bonchev–Trinajstić information content (AvgIpc) is 2.47. The number of amides is 1. The van der Waals surface area contributed by atoms with Crippen molar-refractivity contribution in [3.8, 4) is 0 Å². The number of carbonyl (C=O) groups is 1. The minimum atomic E-state index is -0.0761. The monoisotopic (exact) mass is 296 g/mol. The van der Waals surface area contributed by atoms with E-state index >= 15 is 0 Å². The summed E-state index contributed by atoms with van der Waals surface area (Å²) in [5.41, 5.74) is 2.41. The Morgan fingerprint density at radius 1 is 1.40 bits per heavy atom. The summed E-state index contributed by atoms with van der Waals surface area (Å²) in [5, 5.41) is 6.46. The Morgan fingerprint density at radius 2 is 2.10 bits per heavy atom. The van der Waals surface area contributed by atoms with Crippen molar-refractivity contribution in [3.63, 3.8) is 0 Å². The topological polar surface area (TPSA) is 41.1 Å². The molecule has 1 unspecified atom stereocenters. The van der Waals surface area contributed by atoms with Crippen LogP contribution < -0.4 is 10.6 Å². The molecule has 1 saturated heterocycles. The summed E-state index contributed by atoms with van der Waals surface area (Å²) in [7, 11) is 0. The van der Waals surface area contributed by atoms with E-state index in [4.69, 9.17) is 0 Å². The number of nitrogens with one attached hydrogen (secondary N) is 2. The van der Waals surface area contributed by atoms with E-state index < -0.39 is 0 Å². The van der Waals surface area contributed by atoms with Crippen LogP contribution in [-0.2, 0) is 11.2 Å².